The second kappa shape index (κ2) is 6.61. The summed E-state index contributed by atoms with van der Waals surface area (Å²) in [5.74, 6) is 0.934. The van der Waals surface area contributed by atoms with Crippen molar-refractivity contribution in [3.05, 3.63) is 16.5 Å². The van der Waals surface area contributed by atoms with Gasteiger partial charge in [-0.2, -0.15) is 0 Å². The van der Waals surface area contributed by atoms with E-state index in [1.54, 1.807) is 0 Å². The third-order valence-electron chi connectivity index (χ3n) is 4.62. The Balaban J connectivity index is 1.58. The van der Waals surface area contributed by atoms with E-state index in [9.17, 15) is 9.59 Å². The highest BCUT2D eigenvalue weighted by Gasteiger charge is 2.33. The van der Waals surface area contributed by atoms with Crippen LogP contribution in [0.25, 0.3) is 0 Å². The summed E-state index contributed by atoms with van der Waals surface area (Å²) in [5, 5.41) is 6.76. The van der Waals surface area contributed by atoms with Crippen molar-refractivity contribution in [2.45, 2.75) is 38.6 Å². The summed E-state index contributed by atoms with van der Waals surface area (Å²) in [6.07, 6.45) is 4.48. The summed E-state index contributed by atoms with van der Waals surface area (Å²) >= 11 is 1.37. The average Bonchev–Trinajstić information content (AvgIpc) is 3.36. The number of hydrogen-bond acceptors (Lipinski definition) is 4. The first-order valence-corrected chi connectivity index (χ1v) is 9.13. The van der Waals surface area contributed by atoms with Crippen molar-refractivity contribution in [2.24, 2.45) is 11.8 Å². The van der Waals surface area contributed by atoms with E-state index in [1.807, 2.05) is 13.0 Å². The highest BCUT2D eigenvalue weighted by atomic mass is 32.1. The van der Waals surface area contributed by atoms with E-state index in [0.717, 1.165) is 23.4 Å². The summed E-state index contributed by atoms with van der Waals surface area (Å²) in [6, 6.07) is 2.30. The van der Waals surface area contributed by atoms with E-state index in [2.05, 4.69) is 29.6 Å². The van der Waals surface area contributed by atoms with Crippen LogP contribution < -0.4 is 10.6 Å². The number of anilines is 1. The van der Waals surface area contributed by atoms with Crippen LogP contribution in [0.3, 0.4) is 0 Å². The Bertz CT molecular complexity index is 601. The van der Waals surface area contributed by atoms with Gasteiger partial charge in [0.25, 0.3) is 5.91 Å². The topological polar surface area (TPSA) is 61.4 Å². The van der Waals surface area contributed by atoms with Crippen molar-refractivity contribution in [1.82, 2.24) is 10.2 Å². The van der Waals surface area contributed by atoms with Gasteiger partial charge in [-0.05, 0) is 64.3 Å². The van der Waals surface area contributed by atoms with Gasteiger partial charge in [0.15, 0.2) is 0 Å². The molecule has 0 aromatic carbocycles. The highest BCUT2D eigenvalue weighted by molar-refractivity contribution is 7.18. The van der Waals surface area contributed by atoms with Crippen LogP contribution >= 0.6 is 11.3 Å². The minimum atomic E-state index is -0.0353. The fourth-order valence-corrected chi connectivity index (χ4v) is 3.86. The Labute approximate surface area is 141 Å². The van der Waals surface area contributed by atoms with E-state index in [0.29, 0.717) is 23.4 Å². The molecule has 1 heterocycles. The number of hydrogen-bond donors (Lipinski definition) is 2. The number of carbonyl (C=O) groups is 2. The lowest BCUT2D eigenvalue weighted by atomic mass is 10.1. The highest BCUT2D eigenvalue weighted by Crippen LogP contribution is 2.35. The number of thiophene rings is 1. The monoisotopic (exact) mass is 335 g/mol. The van der Waals surface area contributed by atoms with E-state index in [4.69, 9.17) is 0 Å². The maximum Gasteiger partial charge on any atom is 0.261 e. The first-order chi connectivity index (χ1) is 11.0. The molecule has 0 aliphatic heterocycles. The predicted molar refractivity (Wildman–Crippen MR) is 92.9 cm³/mol. The van der Waals surface area contributed by atoms with Crippen LogP contribution in [0, 0.1) is 18.8 Å². The van der Waals surface area contributed by atoms with Crippen LogP contribution in [0.15, 0.2) is 6.07 Å². The van der Waals surface area contributed by atoms with Gasteiger partial charge in [-0.25, -0.2) is 0 Å². The molecule has 2 N–H and O–H groups in total. The molecular formula is C17H25N3O2S. The van der Waals surface area contributed by atoms with Crippen LogP contribution in [0.2, 0.25) is 0 Å². The molecule has 0 bridgehead atoms. The second-order valence-electron chi connectivity index (χ2n) is 6.96. The molecule has 0 saturated heterocycles. The Hall–Kier alpha value is -1.40. The fraction of sp³-hybridized carbons (Fsp3) is 0.647. The maximum absolute atomic E-state index is 12.4. The molecule has 0 radical (unpaired) electrons. The lowest BCUT2D eigenvalue weighted by Gasteiger charge is -2.24. The number of nitrogens with zero attached hydrogens (tertiary/aromatic N) is 1. The van der Waals surface area contributed by atoms with Crippen molar-refractivity contribution >= 4 is 28.2 Å². The summed E-state index contributed by atoms with van der Waals surface area (Å²) in [5.41, 5.74) is 0.923. The zero-order chi connectivity index (χ0) is 16.6. The summed E-state index contributed by atoms with van der Waals surface area (Å²) in [6.45, 7) is 2.60. The summed E-state index contributed by atoms with van der Waals surface area (Å²) in [4.78, 5) is 27.2. The lowest BCUT2D eigenvalue weighted by molar-refractivity contribution is -0.117. The number of carbonyl (C=O) groups excluding carboxylic acids is 2. The van der Waals surface area contributed by atoms with E-state index >= 15 is 0 Å². The van der Waals surface area contributed by atoms with Crippen molar-refractivity contribution in [2.75, 3.05) is 26.0 Å². The number of amides is 2. The molecule has 2 aliphatic rings. The molecule has 0 spiro atoms. The fourth-order valence-electron chi connectivity index (χ4n) is 2.87. The number of nitrogens with one attached hydrogen (secondary N) is 2. The van der Waals surface area contributed by atoms with Crippen molar-refractivity contribution < 1.29 is 9.59 Å². The van der Waals surface area contributed by atoms with Crippen molar-refractivity contribution in [1.29, 1.82) is 0 Å². The lowest BCUT2D eigenvalue weighted by Crippen LogP contribution is -2.41. The van der Waals surface area contributed by atoms with Gasteiger partial charge in [-0.15, -0.1) is 11.3 Å². The van der Waals surface area contributed by atoms with Gasteiger partial charge >= 0.3 is 0 Å². The number of likely N-dealkylation sites (N-methyl/N-ethyl adjacent to an activating group) is 1. The van der Waals surface area contributed by atoms with Crippen LogP contribution in [0.1, 0.15) is 40.9 Å². The zero-order valence-electron chi connectivity index (χ0n) is 14.0. The van der Waals surface area contributed by atoms with Gasteiger partial charge in [0.1, 0.15) is 0 Å². The minimum absolute atomic E-state index is 0.0353. The average molecular weight is 335 g/mol. The molecule has 3 rings (SSSR count). The van der Waals surface area contributed by atoms with Gasteiger partial charge in [0, 0.05) is 18.5 Å². The number of rotatable bonds is 7. The summed E-state index contributed by atoms with van der Waals surface area (Å²) in [7, 11) is 4.13. The Morgan fingerprint density at radius 2 is 2.00 bits per heavy atom. The largest absolute Gasteiger partial charge is 0.350 e. The van der Waals surface area contributed by atoms with Crippen molar-refractivity contribution in [3.8, 4) is 0 Å². The molecule has 1 unspecified atom stereocenters. The maximum atomic E-state index is 12.4. The third kappa shape index (κ3) is 4.12. The first kappa shape index (κ1) is 16.5. The molecular weight excluding hydrogens is 310 g/mol. The molecule has 5 nitrogen and oxygen atoms in total. The molecule has 1 atom stereocenters. The molecule has 2 fully saturated rings. The van der Waals surface area contributed by atoms with Crippen molar-refractivity contribution in [3.63, 3.8) is 0 Å². The smallest absolute Gasteiger partial charge is 0.261 e. The number of aryl methyl sites for hydroxylation is 1. The van der Waals surface area contributed by atoms with Gasteiger partial charge in [0.2, 0.25) is 5.91 Å². The quantitative estimate of drug-likeness (QED) is 0.805. The Kier molecular flexibility index (Phi) is 4.73. The van der Waals surface area contributed by atoms with E-state index in [-0.39, 0.29) is 17.7 Å². The molecule has 6 heteroatoms. The molecule has 126 valence electrons. The van der Waals surface area contributed by atoms with Gasteiger partial charge in [-0.3, -0.25) is 9.59 Å². The molecule has 23 heavy (non-hydrogen) atoms. The predicted octanol–water partition coefficient (Wildman–Crippen LogP) is 2.48. The normalized spacial score (nSPS) is 18.8. The Morgan fingerprint density at radius 1 is 1.30 bits per heavy atom. The van der Waals surface area contributed by atoms with E-state index in [1.165, 1.54) is 24.2 Å². The van der Waals surface area contributed by atoms with Crippen LogP contribution in [-0.2, 0) is 4.79 Å². The third-order valence-corrected chi connectivity index (χ3v) is 5.77. The standard InChI is InChI=1S/C17H25N3O2S/c1-10-8-14(19-16(21)12-6-7-12)23-15(10)17(22)18-9-13(20(2)3)11-4-5-11/h8,11-13H,4-7,9H2,1-3H3,(H,18,22)(H,19,21). The van der Waals surface area contributed by atoms with Gasteiger partial charge < -0.3 is 15.5 Å². The van der Waals surface area contributed by atoms with Crippen LogP contribution in [0.5, 0.6) is 0 Å². The first-order valence-electron chi connectivity index (χ1n) is 8.31. The summed E-state index contributed by atoms with van der Waals surface area (Å²) < 4.78 is 0. The second-order valence-corrected chi connectivity index (χ2v) is 8.02. The molecule has 2 aliphatic carbocycles. The minimum Gasteiger partial charge on any atom is -0.350 e. The Morgan fingerprint density at radius 3 is 2.57 bits per heavy atom. The van der Waals surface area contributed by atoms with Gasteiger partial charge in [0.05, 0.1) is 9.88 Å². The zero-order valence-corrected chi connectivity index (χ0v) is 14.8. The molecule has 2 saturated carbocycles. The van der Waals surface area contributed by atoms with Crippen LogP contribution in [0.4, 0.5) is 5.00 Å². The van der Waals surface area contributed by atoms with Gasteiger partial charge in [-0.1, -0.05) is 0 Å². The van der Waals surface area contributed by atoms with E-state index < -0.39 is 0 Å². The molecule has 1 aromatic rings. The van der Waals surface area contributed by atoms with Crippen LogP contribution in [-0.4, -0.2) is 43.4 Å². The molecule has 2 amide bonds. The SMILES string of the molecule is Cc1cc(NC(=O)C2CC2)sc1C(=O)NCC(C1CC1)N(C)C. The molecule has 1 aromatic heterocycles.